The van der Waals surface area contributed by atoms with Crippen LogP contribution in [0.2, 0.25) is 0 Å². The molecule has 0 unspecified atom stereocenters. The van der Waals surface area contributed by atoms with E-state index in [2.05, 4.69) is 9.97 Å². The number of hydrogen-bond acceptors (Lipinski definition) is 4. The van der Waals surface area contributed by atoms with Crippen molar-refractivity contribution in [3.05, 3.63) is 23.3 Å². The second-order valence-corrected chi connectivity index (χ2v) is 3.85. The summed E-state index contributed by atoms with van der Waals surface area (Å²) >= 11 is 0. The van der Waals surface area contributed by atoms with Crippen molar-refractivity contribution >= 4 is 0 Å². The van der Waals surface area contributed by atoms with Crippen LogP contribution in [-0.2, 0) is 6.54 Å². The lowest BCUT2D eigenvalue weighted by Gasteiger charge is -2.12. The molecule has 0 saturated heterocycles. The van der Waals surface area contributed by atoms with E-state index in [-0.39, 0.29) is 6.04 Å². The lowest BCUT2D eigenvalue weighted by molar-refractivity contribution is 0.389. The molecule has 78 valence electrons. The molecule has 2 N–H and O–H groups in total. The van der Waals surface area contributed by atoms with Gasteiger partial charge in [0.1, 0.15) is 5.82 Å². The molecule has 4 heteroatoms. The summed E-state index contributed by atoms with van der Waals surface area (Å²) < 4.78 is 0. The SMILES string of the molecule is Cc1nc(CN(C)C)ncc1[C@@H](C)N. The van der Waals surface area contributed by atoms with Crippen molar-refractivity contribution in [2.45, 2.75) is 26.4 Å². The Morgan fingerprint density at radius 2 is 2.14 bits per heavy atom. The Balaban J connectivity index is 2.89. The summed E-state index contributed by atoms with van der Waals surface area (Å²) in [5.41, 5.74) is 7.77. The average Bonchev–Trinajstić information content (AvgIpc) is 2.01. The minimum atomic E-state index is 0.00315. The number of nitrogens with zero attached hydrogens (tertiary/aromatic N) is 3. The van der Waals surface area contributed by atoms with Gasteiger partial charge in [-0.25, -0.2) is 9.97 Å². The summed E-state index contributed by atoms with van der Waals surface area (Å²) in [5, 5.41) is 0. The Morgan fingerprint density at radius 3 is 2.57 bits per heavy atom. The molecular formula is C10H18N4. The van der Waals surface area contributed by atoms with Crippen LogP contribution in [0.1, 0.15) is 30.0 Å². The number of aryl methyl sites for hydroxylation is 1. The Bertz CT molecular complexity index is 307. The molecule has 0 aliphatic rings. The summed E-state index contributed by atoms with van der Waals surface area (Å²) in [7, 11) is 4.00. The van der Waals surface area contributed by atoms with Crippen molar-refractivity contribution in [2.75, 3.05) is 14.1 Å². The topological polar surface area (TPSA) is 55.0 Å². The Labute approximate surface area is 85.2 Å². The highest BCUT2D eigenvalue weighted by molar-refractivity contribution is 5.19. The van der Waals surface area contributed by atoms with E-state index in [1.807, 2.05) is 39.0 Å². The molecule has 0 aliphatic heterocycles. The van der Waals surface area contributed by atoms with E-state index in [0.717, 1.165) is 23.6 Å². The van der Waals surface area contributed by atoms with Gasteiger partial charge in [0, 0.05) is 23.5 Å². The van der Waals surface area contributed by atoms with E-state index >= 15 is 0 Å². The molecule has 1 aromatic heterocycles. The van der Waals surface area contributed by atoms with Gasteiger partial charge in [-0.2, -0.15) is 0 Å². The van der Waals surface area contributed by atoms with Crippen LogP contribution in [0.4, 0.5) is 0 Å². The first-order valence-corrected chi connectivity index (χ1v) is 4.73. The molecule has 14 heavy (non-hydrogen) atoms. The van der Waals surface area contributed by atoms with Gasteiger partial charge >= 0.3 is 0 Å². The van der Waals surface area contributed by atoms with Gasteiger partial charge in [0.15, 0.2) is 0 Å². The molecule has 0 fully saturated rings. The fraction of sp³-hybridized carbons (Fsp3) is 0.600. The third-order valence-electron chi connectivity index (χ3n) is 2.02. The van der Waals surface area contributed by atoms with E-state index in [1.165, 1.54) is 0 Å². The summed E-state index contributed by atoms with van der Waals surface area (Å²) in [6.07, 6.45) is 1.83. The van der Waals surface area contributed by atoms with E-state index in [0.29, 0.717) is 0 Å². The standard InChI is InChI=1S/C10H18N4/c1-7(11)9-5-12-10(6-14(3)4)13-8(9)2/h5,7H,6,11H2,1-4H3/t7-/m1/s1. The molecule has 1 heterocycles. The van der Waals surface area contributed by atoms with Crippen molar-refractivity contribution in [2.24, 2.45) is 5.73 Å². The van der Waals surface area contributed by atoms with Crippen molar-refractivity contribution < 1.29 is 0 Å². The predicted octanol–water partition coefficient (Wildman–Crippen LogP) is 0.866. The van der Waals surface area contributed by atoms with Crippen LogP contribution in [0.5, 0.6) is 0 Å². The first kappa shape index (κ1) is 11.1. The molecule has 0 spiro atoms. The highest BCUT2D eigenvalue weighted by Crippen LogP contribution is 2.11. The summed E-state index contributed by atoms with van der Waals surface area (Å²) in [6, 6.07) is 0.00315. The Kier molecular flexibility index (Phi) is 3.55. The predicted molar refractivity (Wildman–Crippen MR) is 56.8 cm³/mol. The van der Waals surface area contributed by atoms with Gasteiger partial charge in [-0.15, -0.1) is 0 Å². The van der Waals surface area contributed by atoms with Gasteiger partial charge in [0.2, 0.25) is 0 Å². The Morgan fingerprint density at radius 1 is 1.50 bits per heavy atom. The number of aromatic nitrogens is 2. The summed E-state index contributed by atoms with van der Waals surface area (Å²) in [5.74, 6) is 0.844. The maximum atomic E-state index is 5.78. The first-order valence-electron chi connectivity index (χ1n) is 4.73. The van der Waals surface area contributed by atoms with Crippen molar-refractivity contribution in [3.8, 4) is 0 Å². The third-order valence-corrected chi connectivity index (χ3v) is 2.02. The van der Waals surface area contributed by atoms with Gasteiger partial charge in [-0.05, 0) is 27.9 Å². The monoisotopic (exact) mass is 194 g/mol. The quantitative estimate of drug-likeness (QED) is 0.775. The maximum absolute atomic E-state index is 5.78. The summed E-state index contributed by atoms with van der Waals surface area (Å²) in [4.78, 5) is 10.7. The highest BCUT2D eigenvalue weighted by Gasteiger charge is 2.07. The smallest absolute Gasteiger partial charge is 0.142 e. The van der Waals surface area contributed by atoms with E-state index in [9.17, 15) is 0 Å². The van der Waals surface area contributed by atoms with Crippen LogP contribution in [0, 0.1) is 6.92 Å². The molecule has 0 amide bonds. The maximum Gasteiger partial charge on any atom is 0.142 e. The molecular weight excluding hydrogens is 176 g/mol. The van der Waals surface area contributed by atoms with Gasteiger partial charge in [0.05, 0.1) is 6.54 Å². The molecule has 0 saturated carbocycles. The van der Waals surface area contributed by atoms with Gasteiger partial charge < -0.3 is 10.6 Å². The van der Waals surface area contributed by atoms with E-state index in [1.54, 1.807) is 0 Å². The average molecular weight is 194 g/mol. The van der Waals surface area contributed by atoms with Crippen molar-refractivity contribution in [1.29, 1.82) is 0 Å². The zero-order chi connectivity index (χ0) is 10.7. The van der Waals surface area contributed by atoms with Crippen LogP contribution >= 0.6 is 0 Å². The summed E-state index contributed by atoms with van der Waals surface area (Å²) in [6.45, 7) is 4.68. The third kappa shape index (κ3) is 2.75. The molecule has 0 aliphatic carbocycles. The zero-order valence-corrected chi connectivity index (χ0v) is 9.28. The fourth-order valence-corrected chi connectivity index (χ4v) is 1.33. The van der Waals surface area contributed by atoms with Gasteiger partial charge in [0.25, 0.3) is 0 Å². The minimum Gasteiger partial charge on any atom is -0.324 e. The molecule has 0 aromatic carbocycles. The fourth-order valence-electron chi connectivity index (χ4n) is 1.33. The number of hydrogen-bond donors (Lipinski definition) is 1. The molecule has 1 rings (SSSR count). The normalized spacial score (nSPS) is 13.3. The molecule has 0 bridgehead atoms. The first-order chi connectivity index (χ1) is 6.50. The minimum absolute atomic E-state index is 0.00315. The van der Waals surface area contributed by atoms with E-state index < -0.39 is 0 Å². The van der Waals surface area contributed by atoms with Crippen LogP contribution < -0.4 is 5.73 Å². The number of nitrogens with two attached hydrogens (primary N) is 1. The van der Waals surface area contributed by atoms with Crippen LogP contribution in [0.15, 0.2) is 6.20 Å². The number of rotatable bonds is 3. The Hall–Kier alpha value is -1.00. The molecule has 0 radical (unpaired) electrons. The molecule has 1 atom stereocenters. The van der Waals surface area contributed by atoms with Gasteiger partial charge in [-0.3, -0.25) is 0 Å². The lowest BCUT2D eigenvalue weighted by Crippen LogP contribution is -2.16. The van der Waals surface area contributed by atoms with Crippen LogP contribution in [0.3, 0.4) is 0 Å². The highest BCUT2D eigenvalue weighted by atomic mass is 15.1. The van der Waals surface area contributed by atoms with Crippen molar-refractivity contribution in [1.82, 2.24) is 14.9 Å². The largest absolute Gasteiger partial charge is 0.324 e. The second-order valence-electron chi connectivity index (χ2n) is 3.85. The van der Waals surface area contributed by atoms with E-state index in [4.69, 9.17) is 5.73 Å². The van der Waals surface area contributed by atoms with Crippen LogP contribution in [-0.4, -0.2) is 29.0 Å². The zero-order valence-electron chi connectivity index (χ0n) is 9.28. The molecule has 4 nitrogen and oxygen atoms in total. The van der Waals surface area contributed by atoms with Crippen LogP contribution in [0.25, 0.3) is 0 Å². The molecule has 1 aromatic rings. The van der Waals surface area contributed by atoms with Crippen molar-refractivity contribution in [3.63, 3.8) is 0 Å². The van der Waals surface area contributed by atoms with Gasteiger partial charge in [-0.1, -0.05) is 0 Å². The lowest BCUT2D eigenvalue weighted by atomic mass is 10.1. The second kappa shape index (κ2) is 4.48.